The van der Waals surface area contributed by atoms with E-state index in [1.165, 1.54) is 13.1 Å². The third-order valence-electron chi connectivity index (χ3n) is 3.22. The molecule has 0 atom stereocenters. The minimum atomic E-state index is -0.263. The van der Waals surface area contributed by atoms with Crippen LogP contribution in [0.4, 0.5) is 0 Å². The molecule has 0 bridgehead atoms. The molecule has 0 saturated heterocycles. The van der Waals surface area contributed by atoms with Crippen LogP contribution in [-0.2, 0) is 11.8 Å². The van der Waals surface area contributed by atoms with Gasteiger partial charge < -0.3 is 5.11 Å². The van der Waals surface area contributed by atoms with Crippen LogP contribution in [0.3, 0.4) is 0 Å². The van der Waals surface area contributed by atoms with Gasteiger partial charge in [0.1, 0.15) is 0 Å². The van der Waals surface area contributed by atoms with Crippen molar-refractivity contribution in [2.75, 3.05) is 0 Å². The Morgan fingerprint density at radius 3 is 2.65 bits per heavy atom. The van der Waals surface area contributed by atoms with E-state index in [2.05, 4.69) is 0 Å². The number of allylic oxidation sites excluding steroid dienone is 2. The number of rotatable bonds is 1. The highest BCUT2D eigenvalue weighted by Gasteiger charge is 2.18. The Bertz CT molecular complexity index is 824. The molecule has 2 aromatic rings. The molecule has 0 aliphatic heterocycles. The van der Waals surface area contributed by atoms with E-state index >= 15 is 0 Å². The number of aromatic nitrogens is 1. The maximum atomic E-state index is 12.0. The molecule has 20 heavy (non-hydrogen) atoms. The number of ketones is 1. The monoisotopic (exact) mass is 285 g/mol. The average Bonchev–Trinajstić information content (AvgIpc) is 2.69. The van der Waals surface area contributed by atoms with Gasteiger partial charge in [0.25, 0.3) is 0 Å². The molecule has 0 saturated carbocycles. The Hall–Kier alpha value is -2.40. The number of hydrogen-bond donors (Lipinski definition) is 1. The molecule has 100 valence electrons. The van der Waals surface area contributed by atoms with Gasteiger partial charge in [-0.25, -0.2) is 0 Å². The van der Waals surface area contributed by atoms with E-state index < -0.39 is 0 Å². The largest absolute Gasteiger partial charge is 0.493 e. The van der Waals surface area contributed by atoms with Crippen molar-refractivity contribution in [2.24, 2.45) is 7.05 Å². The normalized spacial score (nSPS) is 15.7. The van der Waals surface area contributed by atoms with Crippen LogP contribution in [0.5, 0.6) is 5.88 Å². The third kappa shape index (κ3) is 1.92. The lowest BCUT2D eigenvalue weighted by molar-refractivity contribution is -0.109. The quantitative estimate of drug-likeness (QED) is 0.818. The number of carbonyl (C=O) groups excluding carboxylic acids is 1. The predicted molar refractivity (Wildman–Crippen MR) is 79.6 cm³/mol. The molecule has 0 fully saturated rings. The van der Waals surface area contributed by atoms with Gasteiger partial charge in [0, 0.05) is 12.6 Å². The number of carbonyl (C=O) groups is 1. The van der Waals surface area contributed by atoms with E-state index in [0.29, 0.717) is 10.5 Å². The minimum Gasteiger partial charge on any atom is -0.493 e. The van der Waals surface area contributed by atoms with E-state index in [-0.39, 0.29) is 16.5 Å². The average molecular weight is 285 g/mol. The van der Waals surface area contributed by atoms with Crippen LogP contribution in [0.25, 0.3) is 17.7 Å². The van der Waals surface area contributed by atoms with Crippen molar-refractivity contribution in [3.05, 3.63) is 56.0 Å². The first kappa shape index (κ1) is 12.6. The highest BCUT2D eigenvalue weighted by Crippen LogP contribution is 2.31. The van der Waals surface area contributed by atoms with E-state index in [9.17, 15) is 14.7 Å². The standard InChI is InChI=1S/C15H11NO3S/c1-16-14(18)13(20-15(16)19)8-11-10-5-3-2-4-9(10)6-7-12(11)17/h2-8,18H,1H3. The van der Waals surface area contributed by atoms with Crippen molar-refractivity contribution >= 4 is 34.8 Å². The first-order valence-electron chi connectivity index (χ1n) is 6.00. The summed E-state index contributed by atoms with van der Waals surface area (Å²) in [4.78, 5) is 23.7. The summed E-state index contributed by atoms with van der Waals surface area (Å²) in [5, 5.41) is 9.88. The van der Waals surface area contributed by atoms with E-state index in [0.717, 1.165) is 27.0 Å². The molecule has 1 aliphatic rings. The molecule has 1 aliphatic carbocycles. The molecule has 1 aromatic heterocycles. The summed E-state index contributed by atoms with van der Waals surface area (Å²) in [6.07, 6.45) is 4.84. The molecule has 3 rings (SSSR count). The predicted octanol–water partition coefficient (Wildman–Crippen LogP) is 2.29. The van der Waals surface area contributed by atoms with Crippen LogP contribution in [0, 0.1) is 0 Å². The summed E-state index contributed by atoms with van der Waals surface area (Å²) < 4.78 is 1.16. The Morgan fingerprint density at radius 2 is 1.95 bits per heavy atom. The Labute approximate surface area is 118 Å². The first-order valence-corrected chi connectivity index (χ1v) is 6.82. The fourth-order valence-electron chi connectivity index (χ4n) is 2.11. The summed E-state index contributed by atoms with van der Waals surface area (Å²) in [5.74, 6) is -0.251. The lowest BCUT2D eigenvalue weighted by Gasteiger charge is -2.12. The number of aromatic hydroxyl groups is 1. The van der Waals surface area contributed by atoms with Crippen molar-refractivity contribution in [3.63, 3.8) is 0 Å². The molecule has 4 nitrogen and oxygen atoms in total. The van der Waals surface area contributed by atoms with Gasteiger partial charge in [0.15, 0.2) is 5.78 Å². The Balaban J connectivity index is 2.20. The highest BCUT2D eigenvalue weighted by atomic mass is 32.1. The van der Waals surface area contributed by atoms with Crippen molar-refractivity contribution in [1.29, 1.82) is 0 Å². The number of fused-ring (bicyclic) bond motifs is 1. The maximum Gasteiger partial charge on any atom is 0.310 e. The van der Waals surface area contributed by atoms with E-state index in [1.54, 1.807) is 12.2 Å². The molecule has 0 radical (unpaired) electrons. The van der Waals surface area contributed by atoms with E-state index in [4.69, 9.17) is 0 Å². The van der Waals surface area contributed by atoms with Crippen LogP contribution in [0.15, 0.2) is 35.1 Å². The third-order valence-corrected chi connectivity index (χ3v) is 4.18. The maximum absolute atomic E-state index is 12.0. The van der Waals surface area contributed by atoms with Gasteiger partial charge in [-0.3, -0.25) is 14.2 Å². The number of nitrogens with zero attached hydrogens (tertiary/aromatic N) is 1. The van der Waals surface area contributed by atoms with Gasteiger partial charge >= 0.3 is 4.87 Å². The van der Waals surface area contributed by atoms with Gasteiger partial charge in [0.2, 0.25) is 5.88 Å². The Kier molecular flexibility index (Phi) is 2.91. The fourth-order valence-corrected chi connectivity index (χ4v) is 2.93. The zero-order valence-electron chi connectivity index (χ0n) is 10.7. The first-order chi connectivity index (χ1) is 9.58. The second-order valence-electron chi connectivity index (χ2n) is 4.46. The van der Waals surface area contributed by atoms with Crippen LogP contribution in [-0.4, -0.2) is 15.5 Å². The molecule has 0 unspecified atom stereocenters. The van der Waals surface area contributed by atoms with Crippen LogP contribution >= 0.6 is 11.3 Å². The lowest BCUT2D eigenvalue weighted by atomic mass is 9.91. The zero-order chi connectivity index (χ0) is 14.3. The summed E-state index contributed by atoms with van der Waals surface area (Å²) >= 11 is 0.916. The van der Waals surface area contributed by atoms with Crippen LogP contribution in [0.2, 0.25) is 0 Å². The van der Waals surface area contributed by atoms with Gasteiger partial charge in [-0.05, 0) is 23.3 Å². The smallest absolute Gasteiger partial charge is 0.310 e. The fraction of sp³-hybridized carbons (Fsp3) is 0.0667. The molecule has 0 spiro atoms. The number of thiazole rings is 1. The van der Waals surface area contributed by atoms with Crippen molar-refractivity contribution in [3.8, 4) is 5.88 Å². The summed E-state index contributed by atoms with van der Waals surface area (Å²) in [6, 6.07) is 7.52. The number of benzene rings is 1. The highest BCUT2D eigenvalue weighted by molar-refractivity contribution is 7.10. The second-order valence-corrected chi connectivity index (χ2v) is 5.45. The molecule has 5 heteroatoms. The van der Waals surface area contributed by atoms with E-state index in [1.807, 2.05) is 24.3 Å². The minimum absolute atomic E-state index is 0.118. The van der Waals surface area contributed by atoms with Crippen molar-refractivity contribution in [2.45, 2.75) is 0 Å². The molecular formula is C15H11NO3S. The number of hydrogen-bond acceptors (Lipinski definition) is 4. The molecule has 1 N–H and O–H groups in total. The summed E-state index contributed by atoms with van der Waals surface area (Å²) in [7, 11) is 1.49. The van der Waals surface area contributed by atoms with Crippen molar-refractivity contribution < 1.29 is 9.90 Å². The van der Waals surface area contributed by atoms with Gasteiger partial charge in [0.05, 0.1) is 4.88 Å². The SMILES string of the molecule is Cn1c(O)c(C=C2C(=O)C=Cc3ccccc32)sc1=O. The zero-order valence-corrected chi connectivity index (χ0v) is 11.5. The molecule has 0 amide bonds. The van der Waals surface area contributed by atoms with Crippen LogP contribution < -0.4 is 4.87 Å². The lowest BCUT2D eigenvalue weighted by Crippen LogP contribution is -2.05. The molecule has 1 heterocycles. The van der Waals surface area contributed by atoms with Crippen molar-refractivity contribution in [1.82, 2.24) is 4.57 Å². The van der Waals surface area contributed by atoms with Gasteiger partial charge in [-0.1, -0.05) is 41.7 Å². The van der Waals surface area contributed by atoms with Gasteiger partial charge in [-0.15, -0.1) is 0 Å². The van der Waals surface area contributed by atoms with Crippen LogP contribution in [0.1, 0.15) is 16.0 Å². The molecular weight excluding hydrogens is 274 g/mol. The summed E-state index contributed by atoms with van der Waals surface area (Å²) in [6.45, 7) is 0. The topological polar surface area (TPSA) is 59.3 Å². The van der Waals surface area contributed by atoms with Gasteiger partial charge in [-0.2, -0.15) is 0 Å². The Morgan fingerprint density at radius 1 is 1.20 bits per heavy atom. The summed E-state index contributed by atoms with van der Waals surface area (Å²) in [5.41, 5.74) is 2.24. The molecule has 1 aromatic carbocycles. The second kappa shape index (κ2) is 4.61.